The number of rotatable bonds is 5. The largest absolute Gasteiger partial charge is 0.382 e. The minimum atomic E-state index is -3.83. The molecule has 12 heteroatoms. The van der Waals surface area contributed by atoms with Gasteiger partial charge in [0.1, 0.15) is 16.5 Å². The van der Waals surface area contributed by atoms with E-state index in [0.29, 0.717) is 5.69 Å². The van der Waals surface area contributed by atoms with Crippen molar-refractivity contribution < 1.29 is 22.0 Å². The van der Waals surface area contributed by atoms with Crippen molar-refractivity contribution in [1.29, 1.82) is 0 Å². The molecule has 0 fully saturated rings. The van der Waals surface area contributed by atoms with Crippen LogP contribution in [0.4, 0.5) is 25.4 Å². The fourth-order valence-electron chi connectivity index (χ4n) is 2.25. The number of thiazole rings is 1. The van der Waals surface area contributed by atoms with Crippen LogP contribution in [-0.2, 0) is 10.0 Å². The maximum Gasteiger partial charge on any atom is 0.238 e. The Labute approximate surface area is 176 Å². The number of benzene rings is 2. The Morgan fingerprint density at radius 2 is 1.79 bits per heavy atom. The van der Waals surface area contributed by atoms with Crippen LogP contribution in [0.2, 0.25) is 0 Å². The summed E-state index contributed by atoms with van der Waals surface area (Å²) >= 11 is 2.47. The summed E-state index contributed by atoms with van der Waals surface area (Å²) in [7, 11) is -3.83. The molecule has 0 unspecified atom stereocenters. The molecule has 0 bridgehead atoms. The fraction of sp³-hybridized carbons (Fsp3) is 0. The number of nitrogens with zero attached hydrogens (tertiary/aromatic N) is 1. The van der Waals surface area contributed by atoms with Gasteiger partial charge in [-0.2, -0.15) is 0 Å². The van der Waals surface area contributed by atoms with Gasteiger partial charge < -0.3 is 11.1 Å². The first-order valence-electron chi connectivity index (χ1n) is 7.42. The number of ketones is 1. The van der Waals surface area contributed by atoms with Gasteiger partial charge in [0.15, 0.2) is 10.9 Å². The second kappa shape index (κ2) is 7.69. The van der Waals surface area contributed by atoms with Crippen LogP contribution >= 0.6 is 33.9 Å². The molecule has 1 aromatic heterocycles. The molecular weight excluding hydrogens is 525 g/mol. The van der Waals surface area contributed by atoms with Crippen LogP contribution in [0, 0.1) is 15.2 Å². The van der Waals surface area contributed by atoms with Gasteiger partial charge in [-0.3, -0.25) is 4.79 Å². The third-order valence-corrected chi connectivity index (χ3v) is 6.31. The summed E-state index contributed by atoms with van der Waals surface area (Å²) in [4.78, 5) is 16.4. The highest BCUT2D eigenvalue weighted by atomic mass is 127. The summed E-state index contributed by atoms with van der Waals surface area (Å²) in [6, 6.07) is 7.68. The summed E-state index contributed by atoms with van der Waals surface area (Å²) in [6.07, 6.45) is 0. The lowest BCUT2D eigenvalue weighted by atomic mass is 10.1. The van der Waals surface area contributed by atoms with Gasteiger partial charge in [0.2, 0.25) is 15.8 Å². The maximum atomic E-state index is 14.2. The van der Waals surface area contributed by atoms with Crippen LogP contribution in [0.5, 0.6) is 0 Å². The lowest BCUT2D eigenvalue weighted by molar-refractivity contribution is 0.103. The number of carbonyl (C=O) groups excluding carboxylic acids is 1. The van der Waals surface area contributed by atoms with E-state index in [4.69, 9.17) is 10.9 Å². The van der Waals surface area contributed by atoms with Crippen molar-refractivity contribution in [1.82, 2.24) is 4.98 Å². The van der Waals surface area contributed by atoms with Crippen LogP contribution in [0.15, 0.2) is 41.3 Å². The molecule has 0 radical (unpaired) electrons. The van der Waals surface area contributed by atoms with Crippen LogP contribution in [0.3, 0.4) is 0 Å². The van der Waals surface area contributed by atoms with Crippen molar-refractivity contribution in [2.75, 3.05) is 11.1 Å². The van der Waals surface area contributed by atoms with Gasteiger partial charge in [-0.15, -0.1) is 0 Å². The monoisotopic (exact) mass is 536 g/mol. The molecular formula is C16H11F2IN4O3S2. The topological polar surface area (TPSA) is 128 Å². The summed E-state index contributed by atoms with van der Waals surface area (Å²) < 4.78 is 50.8. The molecule has 0 saturated carbocycles. The average Bonchev–Trinajstić information content (AvgIpc) is 2.98. The maximum absolute atomic E-state index is 14.2. The van der Waals surface area contributed by atoms with Gasteiger partial charge in [0.25, 0.3) is 0 Å². The highest BCUT2D eigenvalue weighted by molar-refractivity contribution is 14.1. The summed E-state index contributed by atoms with van der Waals surface area (Å²) in [5, 5.41) is 8.06. The normalized spacial score (nSPS) is 11.4. The predicted octanol–water partition coefficient (Wildman–Crippen LogP) is 3.23. The number of primary sulfonamides is 1. The zero-order valence-corrected chi connectivity index (χ0v) is 17.5. The molecule has 5 N–H and O–H groups in total. The Morgan fingerprint density at radius 3 is 2.39 bits per heavy atom. The Morgan fingerprint density at radius 1 is 1.14 bits per heavy atom. The van der Waals surface area contributed by atoms with E-state index in [1.165, 1.54) is 30.3 Å². The number of carbonyl (C=O) groups is 1. The number of anilines is 3. The van der Waals surface area contributed by atoms with Crippen LogP contribution in [-0.4, -0.2) is 19.2 Å². The van der Waals surface area contributed by atoms with Crippen molar-refractivity contribution in [3.63, 3.8) is 0 Å². The molecule has 0 saturated heterocycles. The molecule has 2 aromatic carbocycles. The van der Waals surface area contributed by atoms with E-state index < -0.39 is 33.0 Å². The fourth-order valence-corrected chi connectivity index (χ4v) is 4.06. The third-order valence-electron chi connectivity index (χ3n) is 3.56. The number of nitrogens with one attached hydrogen (secondary N) is 1. The van der Waals surface area contributed by atoms with Gasteiger partial charge in [-0.25, -0.2) is 27.3 Å². The number of halogens is 3. The van der Waals surface area contributed by atoms with Gasteiger partial charge in [-0.1, -0.05) is 11.3 Å². The van der Waals surface area contributed by atoms with Gasteiger partial charge in [-0.05, 0) is 59.0 Å². The lowest BCUT2D eigenvalue weighted by Gasteiger charge is -2.04. The van der Waals surface area contributed by atoms with Crippen molar-refractivity contribution >= 4 is 66.4 Å². The molecule has 3 aromatic rings. The Kier molecular flexibility index (Phi) is 5.65. The van der Waals surface area contributed by atoms with Crippen molar-refractivity contribution in [3.05, 3.63) is 62.0 Å². The molecule has 0 aliphatic heterocycles. The number of aromatic nitrogens is 1. The molecule has 0 spiro atoms. The second-order valence-corrected chi connectivity index (χ2v) is 9.20. The van der Waals surface area contributed by atoms with E-state index in [9.17, 15) is 22.0 Å². The zero-order chi connectivity index (χ0) is 20.6. The van der Waals surface area contributed by atoms with E-state index in [1.807, 2.05) is 0 Å². The molecule has 0 aliphatic rings. The SMILES string of the molecule is Nc1nc(Nc2ccc(S(N)(=O)=O)cc2)sc1C(=O)c1c(F)ccc(I)c1F. The first-order valence-corrected chi connectivity index (χ1v) is 10.9. The van der Waals surface area contributed by atoms with E-state index in [0.717, 1.165) is 17.4 Å². The number of hydrogen-bond donors (Lipinski definition) is 3. The van der Waals surface area contributed by atoms with Crippen LogP contribution in [0.1, 0.15) is 15.2 Å². The molecule has 3 rings (SSSR count). The highest BCUT2D eigenvalue weighted by Gasteiger charge is 2.25. The quantitative estimate of drug-likeness (QED) is 0.261. The molecule has 0 aliphatic carbocycles. The lowest BCUT2D eigenvalue weighted by Crippen LogP contribution is -2.11. The van der Waals surface area contributed by atoms with E-state index in [1.54, 1.807) is 22.6 Å². The number of nitrogen functional groups attached to an aromatic ring is 1. The highest BCUT2D eigenvalue weighted by Crippen LogP contribution is 2.31. The van der Waals surface area contributed by atoms with Gasteiger partial charge in [0, 0.05) is 9.26 Å². The first-order chi connectivity index (χ1) is 13.1. The minimum Gasteiger partial charge on any atom is -0.382 e. The molecule has 28 heavy (non-hydrogen) atoms. The molecule has 146 valence electrons. The third kappa shape index (κ3) is 4.14. The number of nitrogens with two attached hydrogens (primary N) is 2. The van der Waals surface area contributed by atoms with E-state index in [2.05, 4.69) is 10.3 Å². The average molecular weight is 536 g/mol. The molecule has 0 amide bonds. The van der Waals surface area contributed by atoms with Crippen molar-refractivity contribution in [2.24, 2.45) is 5.14 Å². The zero-order valence-electron chi connectivity index (χ0n) is 13.7. The van der Waals surface area contributed by atoms with Crippen LogP contribution in [0.25, 0.3) is 0 Å². The summed E-state index contributed by atoms with van der Waals surface area (Å²) in [5.74, 6) is -3.06. The van der Waals surface area contributed by atoms with E-state index >= 15 is 0 Å². The minimum absolute atomic E-state index is 0.0720. The van der Waals surface area contributed by atoms with E-state index in [-0.39, 0.29) is 24.3 Å². The standard InChI is InChI=1S/C16H11F2IN4O3S2/c17-9-5-6-10(19)12(18)11(9)13(24)14-15(20)23-16(27-14)22-7-1-3-8(4-2-7)28(21,25)26/h1-6H,20H2,(H,22,23)(H2,21,25,26). The molecule has 7 nitrogen and oxygen atoms in total. The molecule has 1 heterocycles. The van der Waals surface area contributed by atoms with Gasteiger partial charge >= 0.3 is 0 Å². The Hall–Kier alpha value is -2.16. The Balaban J connectivity index is 1.90. The predicted molar refractivity (Wildman–Crippen MR) is 110 cm³/mol. The summed E-state index contributed by atoms with van der Waals surface area (Å²) in [6.45, 7) is 0. The molecule has 0 atom stereocenters. The number of sulfonamides is 1. The van der Waals surface area contributed by atoms with Gasteiger partial charge in [0.05, 0.1) is 10.5 Å². The van der Waals surface area contributed by atoms with Crippen molar-refractivity contribution in [2.45, 2.75) is 4.90 Å². The Bertz CT molecular complexity index is 1180. The first kappa shape index (κ1) is 20.6. The second-order valence-electron chi connectivity index (χ2n) is 5.48. The number of hydrogen-bond acceptors (Lipinski definition) is 7. The van der Waals surface area contributed by atoms with Crippen LogP contribution < -0.4 is 16.2 Å². The van der Waals surface area contributed by atoms with Crippen molar-refractivity contribution in [3.8, 4) is 0 Å². The smallest absolute Gasteiger partial charge is 0.238 e. The summed E-state index contributed by atoms with van der Waals surface area (Å²) in [5.41, 5.74) is 5.50.